The lowest BCUT2D eigenvalue weighted by Crippen LogP contribution is -2.37. The molecular formula is C24H21N3O4. The van der Waals surface area contributed by atoms with Crippen molar-refractivity contribution in [3.63, 3.8) is 0 Å². The first-order chi connectivity index (χ1) is 15.2. The largest absolute Gasteiger partial charge is 0.497 e. The summed E-state index contributed by atoms with van der Waals surface area (Å²) in [6.07, 6.45) is 1.75. The van der Waals surface area contributed by atoms with Gasteiger partial charge >= 0.3 is 5.97 Å². The number of carbonyl (C=O) groups excluding carboxylic acids is 1. The van der Waals surface area contributed by atoms with Crippen LogP contribution in [0.5, 0.6) is 5.75 Å². The number of cyclic esters (lactones) is 1. The molecule has 5 rings (SSSR count). The third-order valence-corrected chi connectivity index (χ3v) is 5.27. The monoisotopic (exact) mass is 415 g/mol. The van der Waals surface area contributed by atoms with Crippen molar-refractivity contribution in [3.8, 4) is 5.75 Å². The predicted molar refractivity (Wildman–Crippen MR) is 118 cm³/mol. The van der Waals surface area contributed by atoms with Gasteiger partial charge in [0.25, 0.3) is 0 Å². The number of rotatable bonds is 4. The van der Waals surface area contributed by atoms with Crippen LogP contribution in [0.15, 0.2) is 65.3 Å². The van der Waals surface area contributed by atoms with Gasteiger partial charge in [-0.1, -0.05) is 24.3 Å². The molecule has 2 aromatic carbocycles. The van der Waals surface area contributed by atoms with Crippen molar-refractivity contribution in [1.82, 2.24) is 4.98 Å². The number of hydrogen-bond acceptors (Lipinski definition) is 7. The Hall–Kier alpha value is -3.71. The molecule has 1 fully saturated rings. The average molecular weight is 415 g/mol. The first-order valence-electron chi connectivity index (χ1n) is 10.1. The van der Waals surface area contributed by atoms with Gasteiger partial charge in [-0.05, 0) is 36.4 Å². The number of aliphatic imine (C=N–C) groups is 1. The topological polar surface area (TPSA) is 73.3 Å². The number of para-hydroxylation sites is 1. The summed E-state index contributed by atoms with van der Waals surface area (Å²) < 4.78 is 16.2. The van der Waals surface area contributed by atoms with Gasteiger partial charge in [-0.15, -0.1) is 0 Å². The molecule has 0 radical (unpaired) electrons. The fourth-order valence-corrected chi connectivity index (χ4v) is 3.69. The zero-order valence-corrected chi connectivity index (χ0v) is 17.1. The lowest BCUT2D eigenvalue weighted by molar-refractivity contribution is -0.129. The number of hydrogen-bond donors (Lipinski definition) is 0. The minimum absolute atomic E-state index is 0.240. The number of fused-ring (bicyclic) bond motifs is 1. The first kappa shape index (κ1) is 19.3. The predicted octanol–water partition coefficient (Wildman–Crippen LogP) is 3.42. The summed E-state index contributed by atoms with van der Waals surface area (Å²) in [7, 11) is 1.59. The molecule has 0 aliphatic carbocycles. The number of esters is 1. The molecule has 2 aliphatic heterocycles. The molecule has 0 unspecified atom stereocenters. The van der Waals surface area contributed by atoms with Crippen LogP contribution >= 0.6 is 0 Å². The van der Waals surface area contributed by atoms with Gasteiger partial charge in [-0.25, -0.2) is 14.8 Å². The van der Waals surface area contributed by atoms with E-state index in [2.05, 4.69) is 9.89 Å². The van der Waals surface area contributed by atoms with E-state index in [0.717, 1.165) is 35.4 Å². The first-order valence-corrected chi connectivity index (χ1v) is 10.1. The second-order valence-corrected chi connectivity index (χ2v) is 7.26. The van der Waals surface area contributed by atoms with Gasteiger partial charge in [-0.2, -0.15) is 0 Å². The normalized spacial score (nSPS) is 17.7. The molecule has 0 bridgehead atoms. The van der Waals surface area contributed by atoms with E-state index in [1.54, 1.807) is 19.3 Å². The highest BCUT2D eigenvalue weighted by Crippen LogP contribution is 2.28. The summed E-state index contributed by atoms with van der Waals surface area (Å²) in [5, 5.41) is 0.995. The molecule has 7 nitrogen and oxygen atoms in total. The van der Waals surface area contributed by atoms with Gasteiger partial charge < -0.3 is 19.1 Å². The SMILES string of the molecule is COc1cccc(C2=NC(=Cc3cc4ccccc4nc3N3CCOCC3)C(=O)O2)c1. The molecule has 31 heavy (non-hydrogen) atoms. The summed E-state index contributed by atoms with van der Waals surface area (Å²) in [4.78, 5) is 24.1. The number of methoxy groups -OCH3 is 1. The van der Waals surface area contributed by atoms with Gasteiger partial charge in [0.2, 0.25) is 5.90 Å². The molecule has 0 spiro atoms. The highest BCUT2D eigenvalue weighted by atomic mass is 16.6. The lowest BCUT2D eigenvalue weighted by Gasteiger charge is -2.29. The highest BCUT2D eigenvalue weighted by Gasteiger charge is 2.26. The van der Waals surface area contributed by atoms with Crippen LogP contribution in [-0.4, -0.2) is 50.3 Å². The zero-order chi connectivity index (χ0) is 21.2. The van der Waals surface area contributed by atoms with Crippen LogP contribution in [0.2, 0.25) is 0 Å². The Bertz CT molecular complexity index is 1210. The number of anilines is 1. The lowest BCUT2D eigenvalue weighted by atomic mass is 10.1. The molecule has 0 atom stereocenters. The quantitative estimate of drug-likeness (QED) is 0.480. The minimum atomic E-state index is -0.487. The van der Waals surface area contributed by atoms with Crippen molar-refractivity contribution in [2.45, 2.75) is 0 Å². The number of ether oxygens (including phenoxy) is 3. The van der Waals surface area contributed by atoms with Crippen molar-refractivity contribution in [2.24, 2.45) is 4.99 Å². The Morgan fingerprint density at radius 1 is 1.06 bits per heavy atom. The van der Waals surface area contributed by atoms with E-state index in [1.807, 2.05) is 48.5 Å². The van der Waals surface area contributed by atoms with Crippen LogP contribution in [0.25, 0.3) is 17.0 Å². The second kappa shape index (κ2) is 8.20. The van der Waals surface area contributed by atoms with Gasteiger partial charge in [0, 0.05) is 29.6 Å². The maximum absolute atomic E-state index is 12.6. The number of carbonyl (C=O) groups is 1. The summed E-state index contributed by atoms with van der Waals surface area (Å²) in [5.74, 6) is 1.25. The van der Waals surface area contributed by atoms with Crippen molar-refractivity contribution in [2.75, 3.05) is 38.3 Å². The number of aromatic nitrogens is 1. The number of nitrogens with zero attached hydrogens (tertiary/aromatic N) is 3. The Labute approximate surface area is 179 Å². The average Bonchev–Trinajstić information content (AvgIpc) is 3.19. The maximum Gasteiger partial charge on any atom is 0.363 e. The molecule has 156 valence electrons. The van der Waals surface area contributed by atoms with Crippen LogP contribution in [-0.2, 0) is 14.3 Å². The summed E-state index contributed by atoms with van der Waals surface area (Å²) >= 11 is 0. The van der Waals surface area contributed by atoms with E-state index in [1.165, 1.54) is 0 Å². The van der Waals surface area contributed by atoms with Crippen LogP contribution in [0.4, 0.5) is 5.82 Å². The molecule has 1 saturated heterocycles. The molecule has 3 aromatic rings. The standard InChI is InChI=1S/C24H21N3O4/c1-29-19-7-4-6-17(14-19)23-26-21(24(28)31-23)15-18-13-16-5-2-3-8-20(16)25-22(18)27-9-11-30-12-10-27/h2-8,13-15H,9-12H2,1H3. The highest BCUT2D eigenvalue weighted by molar-refractivity contribution is 6.13. The third-order valence-electron chi connectivity index (χ3n) is 5.27. The van der Waals surface area contributed by atoms with E-state index < -0.39 is 5.97 Å². The molecule has 0 N–H and O–H groups in total. The molecule has 1 aromatic heterocycles. The summed E-state index contributed by atoms with van der Waals surface area (Å²) in [6.45, 7) is 2.77. The second-order valence-electron chi connectivity index (χ2n) is 7.26. The van der Waals surface area contributed by atoms with E-state index in [0.29, 0.717) is 24.5 Å². The Kier molecular flexibility index (Phi) is 5.09. The molecule has 3 heterocycles. The fourth-order valence-electron chi connectivity index (χ4n) is 3.69. The Morgan fingerprint density at radius 2 is 1.90 bits per heavy atom. The van der Waals surface area contributed by atoms with E-state index in [9.17, 15) is 4.79 Å². The smallest absolute Gasteiger partial charge is 0.363 e. The van der Waals surface area contributed by atoms with Gasteiger partial charge in [0.05, 0.1) is 25.8 Å². The van der Waals surface area contributed by atoms with Gasteiger partial charge in [-0.3, -0.25) is 0 Å². The molecular weight excluding hydrogens is 394 g/mol. The minimum Gasteiger partial charge on any atom is -0.497 e. The van der Waals surface area contributed by atoms with Crippen molar-refractivity contribution in [3.05, 3.63) is 71.4 Å². The summed E-state index contributed by atoms with van der Waals surface area (Å²) in [6, 6.07) is 17.2. The van der Waals surface area contributed by atoms with E-state index in [4.69, 9.17) is 19.2 Å². The fraction of sp³-hybridized carbons (Fsp3) is 0.208. The number of pyridine rings is 1. The van der Waals surface area contributed by atoms with Gasteiger partial charge in [0.15, 0.2) is 5.70 Å². The van der Waals surface area contributed by atoms with Crippen molar-refractivity contribution in [1.29, 1.82) is 0 Å². The third kappa shape index (κ3) is 3.87. The molecule has 7 heteroatoms. The molecule has 2 aliphatic rings. The van der Waals surface area contributed by atoms with E-state index in [-0.39, 0.29) is 11.6 Å². The Balaban J connectivity index is 1.57. The van der Waals surface area contributed by atoms with Gasteiger partial charge in [0.1, 0.15) is 11.6 Å². The molecule has 0 amide bonds. The van der Waals surface area contributed by atoms with Crippen molar-refractivity contribution >= 4 is 34.7 Å². The number of morpholine rings is 1. The molecule has 0 saturated carbocycles. The van der Waals surface area contributed by atoms with Crippen LogP contribution in [0.3, 0.4) is 0 Å². The summed E-state index contributed by atoms with van der Waals surface area (Å²) in [5.41, 5.74) is 2.65. The van der Waals surface area contributed by atoms with Crippen LogP contribution in [0, 0.1) is 0 Å². The van der Waals surface area contributed by atoms with E-state index >= 15 is 0 Å². The van der Waals surface area contributed by atoms with Crippen LogP contribution < -0.4 is 9.64 Å². The maximum atomic E-state index is 12.6. The van der Waals surface area contributed by atoms with Crippen molar-refractivity contribution < 1.29 is 19.0 Å². The zero-order valence-electron chi connectivity index (χ0n) is 17.1. The van der Waals surface area contributed by atoms with Crippen LogP contribution in [0.1, 0.15) is 11.1 Å². The Morgan fingerprint density at radius 3 is 2.74 bits per heavy atom. The number of benzene rings is 2.